The maximum absolute atomic E-state index is 10.7. The third kappa shape index (κ3) is 1.46. The third-order valence-electron chi connectivity index (χ3n) is 2.10. The number of hydrogen-bond acceptors (Lipinski definition) is 5. The summed E-state index contributed by atoms with van der Waals surface area (Å²) >= 11 is 0. The number of nitrogens with one attached hydrogen (secondary N) is 1. The van der Waals surface area contributed by atoms with Gasteiger partial charge in [-0.25, -0.2) is 4.98 Å². The van der Waals surface area contributed by atoms with E-state index >= 15 is 0 Å². The molecular formula is C9H8N4O2. The molecule has 2 aromatic rings. The maximum atomic E-state index is 10.7. The molecule has 6 nitrogen and oxygen atoms in total. The van der Waals surface area contributed by atoms with E-state index in [1.54, 1.807) is 18.2 Å². The van der Waals surface area contributed by atoms with Gasteiger partial charge in [-0.05, 0) is 6.07 Å². The third-order valence-corrected chi connectivity index (χ3v) is 2.10. The molecule has 0 fully saturated rings. The quantitative estimate of drug-likeness (QED) is 0.438. The van der Waals surface area contributed by atoms with Crippen LogP contribution in [0, 0.1) is 10.1 Å². The molecule has 0 aliphatic carbocycles. The first kappa shape index (κ1) is 9.35. The summed E-state index contributed by atoms with van der Waals surface area (Å²) in [5, 5.41) is 11.4. The first-order valence-electron chi connectivity index (χ1n) is 4.23. The Morgan fingerprint density at radius 2 is 2.20 bits per heavy atom. The van der Waals surface area contributed by atoms with Gasteiger partial charge in [0.25, 0.3) is 5.69 Å². The Morgan fingerprint density at radius 1 is 1.40 bits per heavy atom. The van der Waals surface area contributed by atoms with Crippen LogP contribution in [-0.4, -0.2) is 9.91 Å². The van der Waals surface area contributed by atoms with E-state index in [0.29, 0.717) is 16.6 Å². The van der Waals surface area contributed by atoms with Gasteiger partial charge in [0.2, 0.25) is 0 Å². The molecule has 0 aliphatic heterocycles. The van der Waals surface area contributed by atoms with Crippen molar-refractivity contribution in [2.24, 2.45) is 5.84 Å². The highest BCUT2D eigenvalue weighted by Crippen LogP contribution is 2.27. The Kier molecular flexibility index (Phi) is 2.18. The van der Waals surface area contributed by atoms with Crippen LogP contribution in [0.5, 0.6) is 0 Å². The van der Waals surface area contributed by atoms with Crippen molar-refractivity contribution in [2.45, 2.75) is 0 Å². The largest absolute Gasteiger partial charge is 0.323 e. The highest BCUT2D eigenvalue weighted by molar-refractivity contribution is 5.96. The molecule has 3 N–H and O–H groups in total. The van der Waals surface area contributed by atoms with E-state index in [4.69, 9.17) is 5.84 Å². The summed E-state index contributed by atoms with van der Waals surface area (Å²) in [5.74, 6) is 5.29. The zero-order valence-corrected chi connectivity index (χ0v) is 7.68. The minimum Gasteiger partial charge on any atom is -0.323 e. The molecule has 1 aromatic carbocycles. The second-order valence-corrected chi connectivity index (χ2v) is 2.93. The van der Waals surface area contributed by atoms with Crippen LogP contribution in [0.15, 0.2) is 30.5 Å². The van der Waals surface area contributed by atoms with Crippen molar-refractivity contribution in [1.82, 2.24) is 4.98 Å². The first-order valence-corrected chi connectivity index (χ1v) is 4.23. The zero-order chi connectivity index (χ0) is 10.8. The van der Waals surface area contributed by atoms with Crippen molar-refractivity contribution >= 4 is 22.3 Å². The second kappa shape index (κ2) is 3.50. The average molecular weight is 204 g/mol. The molecule has 76 valence electrons. The fourth-order valence-electron chi connectivity index (χ4n) is 1.43. The first-order chi connectivity index (χ1) is 7.24. The van der Waals surface area contributed by atoms with E-state index in [2.05, 4.69) is 10.4 Å². The monoisotopic (exact) mass is 204 g/mol. The van der Waals surface area contributed by atoms with Gasteiger partial charge in [0.05, 0.1) is 10.6 Å². The van der Waals surface area contributed by atoms with Crippen LogP contribution in [0.3, 0.4) is 0 Å². The molecular weight excluding hydrogens is 196 g/mol. The minimum atomic E-state index is -0.463. The number of hydrogen-bond donors (Lipinski definition) is 2. The topological polar surface area (TPSA) is 94.1 Å². The van der Waals surface area contributed by atoms with Crippen LogP contribution in [0.1, 0.15) is 0 Å². The number of nitro benzene ring substituents is 1. The fourth-order valence-corrected chi connectivity index (χ4v) is 1.43. The number of non-ortho nitro benzene ring substituents is 1. The molecule has 0 radical (unpaired) electrons. The van der Waals surface area contributed by atoms with Gasteiger partial charge in [0.1, 0.15) is 5.52 Å². The number of aromatic nitrogens is 1. The Hall–Kier alpha value is -2.21. The summed E-state index contributed by atoms with van der Waals surface area (Å²) in [6.07, 6.45) is 1.48. The van der Waals surface area contributed by atoms with E-state index in [-0.39, 0.29) is 5.69 Å². The number of pyridine rings is 1. The molecule has 0 amide bonds. The number of para-hydroxylation sites is 1. The minimum absolute atomic E-state index is 0.0235. The molecule has 1 aromatic heterocycles. The number of anilines is 1. The van der Waals surface area contributed by atoms with Crippen LogP contribution in [0.4, 0.5) is 11.4 Å². The van der Waals surface area contributed by atoms with E-state index < -0.39 is 4.92 Å². The van der Waals surface area contributed by atoms with Crippen LogP contribution >= 0.6 is 0 Å². The number of hydrazine groups is 1. The second-order valence-electron chi connectivity index (χ2n) is 2.93. The summed E-state index contributed by atoms with van der Waals surface area (Å²) < 4.78 is 0. The SMILES string of the molecule is NNc1ccnc2c([N+](=O)[O-])cccc12. The van der Waals surface area contributed by atoms with Crippen molar-refractivity contribution < 1.29 is 4.92 Å². The highest BCUT2D eigenvalue weighted by atomic mass is 16.6. The Morgan fingerprint density at radius 3 is 2.87 bits per heavy atom. The molecule has 1 heterocycles. The molecule has 15 heavy (non-hydrogen) atoms. The van der Waals surface area contributed by atoms with Crippen molar-refractivity contribution in [3.63, 3.8) is 0 Å². The van der Waals surface area contributed by atoms with E-state index in [1.807, 2.05) is 0 Å². The zero-order valence-electron chi connectivity index (χ0n) is 7.68. The normalized spacial score (nSPS) is 10.2. The Bertz CT molecular complexity index is 527. The number of nitrogens with zero attached hydrogens (tertiary/aromatic N) is 2. The molecule has 6 heteroatoms. The molecule has 0 atom stereocenters. The lowest BCUT2D eigenvalue weighted by molar-refractivity contribution is -0.383. The molecule has 2 rings (SSSR count). The lowest BCUT2D eigenvalue weighted by Gasteiger charge is -2.04. The van der Waals surface area contributed by atoms with Gasteiger partial charge in [-0.1, -0.05) is 12.1 Å². The van der Waals surface area contributed by atoms with Gasteiger partial charge in [0.15, 0.2) is 0 Å². The molecule has 0 unspecified atom stereocenters. The Balaban J connectivity index is 2.82. The standard InChI is InChI=1S/C9H8N4O2/c10-12-7-4-5-11-9-6(7)2-1-3-8(9)13(14)15/h1-5H,10H2,(H,11,12). The summed E-state index contributed by atoms with van der Waals surface area (Å²) in [6, 6.07) is 6.40. The Labute approximate surface area is 84.8 Å². The summed E-state index contributed by atoms with van der Waals surface area (Å²) in [6.45, 7) is 0. The van der Waals surface area contributed by atoms with Gasteiger partial charge < -0.3 is 5.43 Å². The fraction of sp³-hybridized carbons (Fsp3) is 0. The van der Waals surface area contributed by atoms with E-state index in [9.17, 15) is 10.1 Å². The maximum Gasteiger partial charge on any atom is 0.295 e. The summed E-state index contributed by atoms with van der Waals surface area (Å²) in [5.41, 5.74) is 3.40. The van der Waals surface area contributed by atoms with Gasteiger partial charge in [-0.3, -0.25) is 16.0 Å². The number of nitro groups is 1. The molecule has 0 saturated carbocycles. The van der Waals surface area contributed by atoms with E-state index in [1.165, 1.54) is 12.3 Å². The smallest absolute Gasteiger partial charge is 0.295 e. The van der Waals surface area contributed by atoms with Crippen molar-refractivity contribution in [2.75, 3.05) is 5.43 Å². The number of benzene rings is 1. The van der Waals surface area contributed by atoms with Gasteiger partial charge in [0, 0.05) is 17.6 Å². The summed E-state index contributed by atoms with van der Waals surface area (Å²) in [4.78, 5) is 14.2. The lowest BCUT2D eigenvalue weighted by Crippen LogP contribution is -2.07. The van der Waals surface area contributed by atoms with Crippen molar-refractivity contribution in [3.05, 3.63) is 40.6 Å². The number of rotatable bonds is 2. The molecule has 0 saturated heterocycles. The van der Waals surface area contributed by atoms with Crippen LogP contribution in [0.25, 0.3) is 10.9 Å². The average Bonchev–Trinajstić information content (AvgIpc) is 2.27. The van der Waals surface area contributed by atoms with Crippen LogP contribution < -0.4 is 11.3 Å². The summed E-state index contributed by atoms with van der Waals surface area (Å²) in [7, 11) is 0. The lowest BCUT2D eigenvalue weighted by atomic mass is 10.1. The number of fused-ring (bicyclic) bond motifs is 1. The van der Waals surface area contributed by atoms with Gasteiger partial charge >= 0.3 is 0 Å². The molecule has 0 spiro atoms. The molecule has 0 aliphatic rings. The van der Waals surface area contributed by atoms with Gasteiger partial charge in [-0.15, -0.1) is 0 Å². The van der Waals surface area contributed by atoms with Crippen LogP contribution in [-0.2, 0) is 0 Å². The number of nitrogen functional groups attached to an aromatic ring is 1. The van der Waals surface area contributed by atoms with Crippen LogP contribution in [0.2, 0.25) is 0 Å². The van der Waals surface area contributed by atoms with Crippen molar-refractivity contribution in [3.8, 4) is 0 Å². The van der Waals surface area contributed by atoms with E-state index in [0.717, 1.165) is 0 Å². The van der Waals surface area contributed by atoms with Gasteiger partial charge in [-0.2, -0.15) is 0 Å². The highest BCUT2D eigenvalue weighted by Gasteiger charge is 2.13. The predicted molar refractivity (Wildman–Crippen MR) is 56.2 cm³/mol. The number of nitrogens with two attached hydrogens (primary N) is 1. The van der Waals surface area contributed by atoms with Crippen molar-refractivity contribution in [1.29, 1.82) is 0 Å². The predicted octanol–water partition coefficient (Wildman–Crippen LogP) is 1.43. The molecule has 0 bridgehead atoms.